The normalized spacial score (nSPS) is 31.1. The molecule has 0 saturated carbocycles. The second-order valence-corrected chi connectivity index (χ2v) is 3.92. The van der Waals surface area contributed by atoms with Crippen molar-refractivity contribution in [3.8, 4) is 0 Å². The average molecular weight is 155 g/mol. The Morgan fingerprint density at radius 2 is 2.27 bits per heavy atom. The van der Waals surface area contributed by atoms with Gasteiger partial charge in [-0.15, -0.1) is 0 Å². The van der Waals surface area contributed by atoms with Crippen LogP contribution in [0, 0.1) is 17.8 Å². The van der Waals surface area contributed by atoms with Crippen molar-refractivity contribution in [3.63, 3.8) is 0 Å². The average Bonchev–Trinajstić information content (AvgIpc) is 2.18. The number of rotatable bonds is 2. The van der Waals surface area contributed by atoms with E-state index in [-0.39, 0.29) is 11.8 Å². The smallest absolute Gasteiger partial charge is 0.223 e. The van der Waals surface area contributed by atoms with E-state index in [4.69, 9.17) is 0 Å². The molecule has 64 valence electrons. The zero-order chi connectivity index (χ0) is 8.43. The molecule has 2 nitrogen and oxygen atoms in total. The predicted octanol–water partition coefficient (Wildman–Crippen LogP) is 1.41. The Morgan fingerprint density at radius 1 is 1.64 bits per heavy atom. The van der Waals surface area contributed by atoms with Gasteiger partial charge in [-0.3, -0.25) is 4.79 Å². The molecular formula is C9H17NO. The summed E-state index contributed by atoms with van der Waals surface area (Å²) in [7, 11) is 0. The van der Waals surface area contributed by atoms with Crippen molar-refractivity contribution in [3.05, 3.63) is 0 Å². The van der Waals surface area contributed by atoms with Gasteiger partial charge in [0.25, 0.3) is 0 Å². The highest BCUT2D eigenvalue weighted by Crippen LogP contribution is 2.23. The van der Waals surface area contributed by atoms with Crippen LogP contribution in [0.25, 0.3) is 0 Å². The van der Waals surface area contributed by atoms with E-state index in [0.717, 1.165) is 6.54 Å². The number of hydrogen-bond acceptors (Lipinski definition) is 1. The maximum absolute atomic E-state index is 11.1. The molecule has 0 aliphatic carbocycles. The summed E-state index contributed by atoms with van der Waals surface area (Å²) < 4.78 is 0. The summed E-state index contributed by atoms with van der Waals surface area (Å²) in [5.74, 6) is 1.74. The lowest BCUT2D eigenvalue weighted by atomic mass is 9.89. The third-order valence-electron chi connectivity index (χ3n) is 2.43. The van der Waals surface area contributed by atoms with E-state index in [9.17, 15) is 4.79 Å². The third kappa shape index (κ3) is 1.95. The minimum absolute atomic E-state index is 0.232. The monoisotopic (exact) mass is 155 g/mol. The summed E-state index contributed by atoms with van der Waals surface area (Å²) in [6.45, 7) is 7.32. The van der Waals surface area contributed by atoms with E-state index in [1.54, 1.807) is 0 Å². The Kier molecular flexibility index (Phi) is 2.53. The molecule has 0 bridgehead atoms. The summed E-state index contributed by atoms with van der Waals surface area (Å²) in [6.07, 6.45) is 1.17. The van der Waals surface area contributed by atoms with Crippen molar-refractivity contribution >= 4 is 5.91 Å². The molecule has 0 radical (unpaired) electrons. The molecule has 1 N–H and O–H groups in total. The van der Waals surface area contributed by atoms with Crippen LogP contribution in [0.4, 0.5) is 0 Å². The maximum Gasteiger partial charge on any atom is 0.223 e. The van der Waals surface area contributed by atoms with Crippen LogP contribution in [-0.2, 0) is 4.79 Å². The van der Waals surface area contributed by atoms with Crippen molar-refractivity contribution in [1.29, 1.82) is 0 Å². The van der Waals surface area contributed by atoms with Crippen molar-refractivity contribution in [2.45, 2.75) is 27.2 Å². The Hall–Kier alpha value is -0.530. The van der Waals surface area contributed by atoms with Gasteiger partial charge >= 0.3 is 0 Å². The largest absolute Gasteiger partial charge is 0.356 e. The van der Waals surface area contributed by atoms with Gasteiger partial charge in [-0.1, -0.05) is 20.8 Å². The minimum Gasteiger partial charge on any atom is -0.356 e. The zero-order valence-electron chi connectivity index (χ0n) is 7.55. The van der Waals surface area contributed by atoms with Crippen LogP contribution in [0.3, 0.4) is 0 Å². The summed E-state index contributed by atoms with van der Waals surface area (Å²) >= 11 is 0. The van der Waals surface area contributed by atoms with E-state index >= 15 is 0 Å². The summed E-state index contributed by atoms with van der Waals surface area (Å²) in [6, 6.07) is 0. The zero-order valence-corrected chi connectivity index (χ0v) is 7.55. The Labute approximate surface area is 68.4 Å². The van der Waals surface area contributed by atoms with Gasteiger partial charge < -0.3 is 5.32 Å². The van der Waals surface area contributed by atoms with E-state index in [1.807, 2.05) is 6.92 Å². The lowest BCUT2D eigenvalue weighted by molar-refractivity contribution is -0.122. The fourth-order valence-corrected chi connectivity index (χ4v) is 1.68. The molecule has 1 fully saturated rings. The van der Waals surface area contributed by atoms with Gasteiger partial charge in [0.1, 0.15) is 0 Å². The topological polar surface area (TPSA) is 29.1 Å². The summed E-state index contributed by atoms with van der Waals surface area (Å²) in [4.78, 5) is 11.1. The van der Waals surface area contributed by atoms with Crippen LogP contribution in [0.2, 0.25) is 0 Å². The quantitative estimate of drug-likeness (QED) is 0.642. The molecule has 11 heavy (non-hydrogen) atoms. The fraction of sp³-hybridized carbons (Fsp3) is 0.889. The molecule has 1 aliphatic rings. The number of hydrogen-bond donors (Lipinski definition) is 1. The molecule has 2 heteroatoms. The molecule has 2 unspecified atom stereocenters. The molecule has 0 aromatic carbocycles. The van der Waals surface area contributed by atoms with Gasteiger partial charge in [0.2, 0.25) is 5.91 Å². The van der Waals surface area contributed by atoms with Crippen molar-refractivity contribution in [2.75, 3.05) is 6.54 Å². The van der Waals surface area contributed by atoms with Gasteiger partial charge in [0.05, 0.1) is 0 Å². The van der Waals surface area contributed by atoms with E-state index in [1.165, 1.54) is 6.42 Å². The van der Waals surface area contributed by atoms with Gasteiger partial charge in [-0.05, 0) is 18.3 Å². The summed E-state index contributed by atoms with van der Waals surface area (Å²) in [5, 5.41) is 2.89. The second-order valence-electron chi connectivity index (χ2n) is 3.92. The molecule has 0 spiro atoms. The lowest BCUT2D eigenvalue weighted by Crippen LogP contribution is -2.17. The van der Waals surface area contributed by atoms with E-state index in [2.05, 4.69) is 19.2 Å². The van der Waals surface area contributed by atoms with Gasteiger partial charge in [0, 0.05) is 12.5 Å². The molecule has 1 heterocycles. The van der Waals surface area contributed by atoms with E-state index in [0.29, 0.717) is 11.8 Å². The highest BCUT2D eigenvalue weighted by molar-refractivity contribution is 5.80. The van der Waals surface area contributed by atoms with Crippen LogP contribution in [0.5, 0.6) is 0 Å². The number of amides is 1. The number of carbonyl (C=O) groups is 1. The first kappa shape index (κ1) is 8.57. The molecule has 1 rings (SSSR count). The van der Waals surface area contributed by atoms with Gasteiger partial charge in [-0.25, -0.2) is 0 Å². The molecule has 1 amide bonds. The number of nitrogens with one attached hydrogen (secondary N) is 1. The van der Waals surface area contributed by atoms with Crippen molar-refractivity contribution in [2.24, 2.45) is 17.8 Å². The Balaban J connectivity index is 2.42. The third-order valence-corrected chi connectivity index (χ3v) is 2.43. The molecule has 0 aromatic heterocycles. The predicted molar refractivity (Wildman–Crippen MR) is 45.1 cm³/mol. The molecule has 1 aliphatic heterocycles. The highest BCUT2D eigenvalue weighted by atomic mass is 16.2. The van der Waals surface area contributed by atoms with Crippen LogP contribution < -0.4 is 5.32 Å². The minimum atomic E-state index is 0.232. The van der Waals surface area contributed by atoms with Crippen LogP contribution in [-0.4, -0.2) is 12.5 Å². The van der Waals surface area contributed by atoms with Crippen molar-refractivity contribution < 1.29 is 4.79 Å². The van der Waals surface area contributed by atoms with Gasteiger partial charge in [-0.2, -0.15) is 0 Å². The second kappa shape index (κ2) is 3.24. The number of carbonyl (C=O) groups excluding carboxylic acids is 1. The SMILES string of the molecule is CC(C)CC1CNC(=O)C1C. The van der Waals surface area contributed by atoms with Crippen LogP contribution >= 0.6 is 0 Å². The maximum atomic E-state index is 11.1. The Morgan fingerprint density at radius 3 is 2.64 bits per heavy atom. The van der Waals surface area contributed by atoms with Crippen LogP contribution in [0.15, 0.2) is 0 Å². The van der Waals surface area contributed by atoms with Gasteiger partial charge in [0.15, 0.2) is 0 Å². The summed E-state index contributed by atoms with van der Waals surface area (Å²) in [5.41, 5.74) is 0. The first-order chi connectivity index (χ1) is 5.11. The lowest BCUT2D eigenvalue weighted by Gasteiger charge is -2.14. The molecule has 1 saturated heterocycles. The molecule has 2 atom stereocenters. The van der Waals surface area contributed by atoms with Crippen molar-refractivity contribution in [1.82, 2.24) is 5.32 Å². The molecular weight excluding hydrogens is 138 g/mol. The fourth-order valence-electron chi connectivity index (χ4n) is 1.68. The highest BCUT2D eigenvalue weighted by Gasteiger charge is 2.30. The Bertz CT molecular complexity index is 154. The van der Waals surface area contributed by atoms with E-state index < -0.39 is 0 Å². The first-order valence-corrected chi connectivity index (χ1v) is 4.39. The standard InChI is InChI=1S/C9H17NO/c1-6(2)4-8-5-10-9(11)7(8)3/h6-8H,4-5H2,1-3H3,(H,10,11). The van der Waals surface area contributed by atoms with Crippen LogP contribution in [0.1, 0.15) is 27.2 Å². The first-order valence-electron chi connectivity index (χ1n) is 4.39. The molecule has 0 aromatic rings.